The topological polar surface area (TPSA) is 87.2 Å². The highest BCUT2D eigenvalue weighted by molar-refractivity contribution is 6.03. The fourth-order valence-electron chi connectivity index (χ4n) is 2.27. The van der Waals surface area contributed by atoms with E-state index < -0.39 is 11.9 Å². The molecule has 2 rings (SSSR count). The van der Waals surface area contributed by atoms with E-state index in [-0.39, 0.29) is 17.9 Å². The number of hydrogen-bond acceptors (Lipinski definition) is 4. The molecule has 2 aromatic rings. The summed E-state index contributed by atoms with van der Waals surface area (Å²) in [6.07, 6.45) is 1.29. The molecule has 0 aliphatic heterocycles. The maximum Gasteiger partial charge on any atom is 0.342 e. The molecular weight excluding hydrogens is 294 g/mol. The number of ether oxygens (including phenoxy) is 1. The second kappa shape index (κ2) is 6.48. The molecule has 1 heterocycles. The number of nitrogens with zero attached hydrogens (tertiary/aromatic N) is 2. The molecule has 0 spiro atoms. The summed E-state index contributed by atoms with van der Waals surface area (Å²) in [5.41, 5.74) is 8.86. The third-order valence-corrected chi connectivity index (χ3v) is 3.12. The summed E-state index contributed by atoms with van der Waals surface area (Å²) < 4.78 is 6.44. The van der Waals surface area contributed by atoms with E-state index in [9.17, 15) is 9.59 Å². The van der Waals surface area contributed by atoms with E-state index in [4.69, 9.17) is 10.5 Å². The van der Waals surface area contributed by atoms with Crippen molar-refractivity contribution in [3.8, 4) is 5.69 Å². The largest absolute Gasteiger partial charge is 0.457 e. The van der Waals surface area contributed by atoms with Crippen LogP contribution in [0.1, 0.15) is 38.9 Å². The van der Waals surface area contributed by atoms with Gasteiger partial charge in [-0.25, -0.2) is 9.48 Å². The lowest BCUT2D eigenvalue weighted by atomic mass is 10.1. The lowest BCUT2D eigenvalue weighted by Gasteiger charge is -2.09. The molecular formula is C17H19N3O3. The van der Waals surface area contributed by atoms with Crippen LogP contribution in [-0.2, 0) is 4.74 Å². The highest BCUT2D eigenvalue weighted by Crippen LogP contribution is 2.18. The van der Waals surface area contributed by atoms with E-state index in [1.807, 2.05) is 32.0 Å². The van der Waals surface area contributed by atoms with Crippen molar-refractivity contribution >= 4 is 11.9 Å². The highest BCUT2D eigenvalue weighted by Gasteiger charge is 2.23. The number of benzene rings is 1. The highest BCUT2D eigenvalue weighted by atomic mass is 16.5. The van der Waals surface area contributed by atoms with Crippen LogP contribution < -0.4 is 5.73 Å². The van der Waals surface area contributed by atoms with E-state index in [0.717, 1.165) is 11.1 Å². The maximum atomic E-state index is 12.1. The summed E-state index contributed by atoms with van der Waals surface area (Å²) in [4.78, 5) is 24.0. The van der Waals surface area contributed by atoms with E-state index in [2.05, 4.69) is 11.7 Å². The van der Waals surface area contributed by atoms with Gasteiger partial charge in [-0.3, -0.25) is 4.79 Å². The molecule has 0 unspecified atom stereocenters. The van der Waals surface area contributed by atoms with Crippen molar-refractivity contribution in [1.82, 2.24) is 9.78 Å². The Kier molecular flexibility index (Phi) is 4.64. The fourth-order valence-corrected chi connectivity index (χ4v) is 2.27. The first-order valence-corrected chi connectivity index (χ1v) is 7.07. The zero-order chi connectivity index (χ0) is 17.1. The maximum absolute atomic E-state index is 12.1. The third-order valence-electron chi connectivity index (χ3n) is 3.12. The number of aromatic nitrogens is 2. The van der Waals surface area contributed by atoms with Gasteiger partial charge in [0.2, 0.25) is 0 Å². The van der Waals surface area contributed by atoms with Crippen LogP contribution in [0.4, 0.5) is 0 Å². The number of amides is 1. The van der Waals surface area contributed by atoms with Crippen LogP contribution in [0.3, 0.4) is 0 Å². The van der Waals surface area contributed by atoms with Crippen molar-refractivity contribution in [2.24, 2.45) is 5.73 Å². The van der Waals surface area contributed by atoms with E-state index in [0.29, 0.717) is 11.3 Å². The molecule has 120 valence electrons. The minimum absolute atomic E-state index is 0.00159. The van der Waals surface area contributed by atoms with E-state index >= 15 is 0 Å². The quantitative estimate of drug-likeness (QED) is 0.678. The molecule has 0 fully saturated rings. The smallest absolute Gasteiger partial charge is 0.342 e. The Morgan fingerprint density at radius 2 is 1.87 bits per heavy atom. The zero-order valence-corrected chi connectivity index (χ0v) is 13.4. The van der Waals surface area contributed by atoms with Crippen molar-refractivity contribution in [3.63, 3.8) is 0 Å². The first-order chi connectivity index (χ1) is 10.8. The Bertz CT molecular complexity index is 770. The van der Waals surface area contributed by atoms with Gasteiger partial charge in [0.15, 0.2) is 0 Å². The minimum Gasteiger partial charge on any atom is -0.457 e. The fraction of sp³-hybridized carbons (Fsp3) is 0.235. The molecule has 2 N–H and O–H groups in total. The molecule has 1 amide bonds. The molecule has 0 bridgehead atoms. The number of carbonyl (C=O) groups excluding carboxylic acids is 2. The first-order valence-electron chi connectivity index (χ1n) is 7.07. The summed E-state index contributed by atoms with van der Waals surface area (Å²) >= 11 is 0. The molecule has 6 nitrogen and oxygen atoms in total. The van der Waals surface area contributed by atoms with Gasteiger partial charge in [0.1, 0.15) is 17.9 Å². The van der Waals surface area contributed by atoms with Gasteiger partial charge < -0.3 is 10.5 Å². The number of nitrogens with two attached hydrogens (primary N) is 1. The average Bonchev–Trinajstić information content (AvgIpc) is 2.88. The van der Waals surface area contributed by atoms with Crippen LogP contribution in [0.2, 0.25) is 0 Å². The van der Waals surface area contributed by atoms with Crippen molar-refractivity contribution in [3.05, 3.63) is 58.9 Å². The standard InChI is InChI=1S/C17H19N3O3/c1-10(2)9-23-17(22)14-8-19-20(15(14)16(18)21)13-6-11(3)5-12(4)7-13/h5-8H,1,9H2,2-4H3,(H2,18,21). The molecule has 0 aliphatic rings. The van der Waals surface area contributed by atoms with Gasteiger partial charge in [0.25, 0.3) is 5.91 Å². The Hall–Kier alpha value is -2.89. The zero-order valence-electron chi connectivity index (χ0n) is 13.4. The Balaban J connectivity index is 2.48. The molecule has 0 atom stereocenters. The first kappa shape index (κ1) is 16.5. The van der Waals surface area contributed by atoms with Crippen molar-refractivity contribution in [2.75, 3.05) is 6.61 Å². The van der Waals surface area contributed by atoms with E-state index in [1.54, 1.807) is 6.92 Å². The average molecular weight is 313 g/mol. The summed E-state index contributed by atoms with van der Waals surface area (Å²) in [7, 11) is 0. The van der Waals surface area contributed by atoms with Crippen molar-refractivity contribution in [1.29, 1.82) is 0 Å². The molecule has 0 aliphatic carbocycles. The van der Waals surface area contributed by atoms with E-state index in [1.165, 1.54) is 10.9 Å². The van der Waals surface area contributed by atoms with Gasteiger partial charge in [-0.1, -0.05) is 12.6 Å². The van der Waals surface area contributed by atoms with Gasteiger partial charge in [-0.05, 0) is 49.6 Å². The number of hydrogen-bond donors (Lipinski definition) is 1. The van der Waals surface area contributed by atoms with Crippen LogP contribution in [0.25, 0.3) is 5.69 Å². The number of primary amides is 1. The number of rotatable bonds is 5. The van der Waals surface area contributed by atoms with Gasteiger partial charge in [-0.2, -0.15) is 5.10 Å². The molecule has 0 saturated carbocycles. The number of aryl methyl sites for hydroxylation is 2. The van der Waals surface area contributed by atoms with Crippen LogP contribution in [-0.4, -0.2) is 28.3 Å². The summed E-state index contributed by atoms with van der Waals surface area (Å²) in [5.74, 6) is -1.40. The van der Waals surface area contributed by atoms with Crippen LogP contribution in [0.5, 0.6) is 0 Å². The Morgan fingerprint density at radius 1 is 1.26 bits per heavy atom. The normalized spacial score (nSPS) is 10.4. The van der Waals surface area contributed by atoms with Crippen LogP contribution in [0.15, 0.2) is 36.5 Å². The van der Waals surface area contributed by atoms with Crippen molar-refractivity contribution in [2.45, 2.75) is 20.8 Å². The van der Waals surface area contributed by atoms with Gasteiger partial charge in [0, 0.05) is 0 Å². The van der Waals surface area contributed by atoms with Gasteiger partial charge in [-0.15, -0.1) is 0 Å². The lowest BCUT2D eigenvalue weighted by molar-refractivity contribution is 0.0537. The molecule has 0 saturated heterocycles. The molecule has 23 heavy (non-hydrogen) atoms. The molecule has 6 heteroatoms. The van der Waals surface area contributed by atoms with Crippen LogP contribution in [0, 0.1) is 13.8 Å². The predicted molar refractivity (Wildman–Crippen MR) is 86.7 cm³/mol. The molecule has 1 aromatic heterocycles. The summed E-state index contributed by atoms with van der Waals surface area (Å²) in [6, 6.07) is 5.71. The summed E-state index contributed by atoms with van der Waals surface area (Å²) in [6.45, 7) is 9.35. The monoisotopic (exact) mass is 313 g/mol. The second-order valence-corrected chi connectivity index (χ2v) is 5.56. The predicted octanol–water partition coefficient (Wildman–Crippen LogP) is 2.32. The van der Waals surface area contributed by atoms with Gasteiger partial charge in [0.05, 0.1) is 11.9 Å². The van der Waals surface area contributed by atoms with Crippen LogP contribution >= 0.6 is 0 Å². The molecule has 1 aromatic carbocycles. The second-order valence-electron chi connectivity index (χ2n) is 5.56. The Morgan fingerprint density at radius 3 is 2.39 bits per heavy atom. The number of esters is 1. The minimum atomic E-state index is -0.746. The SMILES string of the molecule is C=C(C)COC(=O)c1cnn(-c2cc(C)cc(C)c2)c1C(N)=O. The summed E-state index contributed by atoms with van der Waals surface area (Å²) in [5, 5.41) is 4.13. The molecule has 0 radical (unpaired) electrons. The number of carbonyl (C=O) groups is 2. The van der Waals surface area contributed by atoms with Gasteiger partial charge >= 0.3 is 5.97 Å². The lowest BCUT2D eigenvalue weighted by Crippen LogP contribution is -2.21. The van der Waals surface area contributed by atoms with Crippen molar-refractivity contribution < 1.29 is 14.3 Å². The Labute approximate surface area is 134 Å². The third kappa shape index (κ3) is 3.66.